The SMILES string of the molecule is CCOC(=O)C(OC(C)(C)C)c1c(C)cc2nc(-c3ccnc(N)c3)sc2c1-c1ccc(Cl)cc1. The molecule has 4 aromatic rings. The van der Waals surface area contributed by atoms with Crippen molar-refractivity contribution in [3.63, 3.8) is 0 Å². The zero-order chi connectivity index (χ0) is 25.3. The number of aryl methyl sites for hydroxylation is 1. The second kappa shape index (κ2) is 9.93. The number of fused-ring (bicyclic) bond motifs is 1. The third-order valence-electron chi connectivity index (χ3n) is 5.32. The van der Waals surface area contributed by atoms with Crippen LogP contribution in [0.4, 0.5) is 5.82 Å². The maximum atomic E-state index is 13.2. The number of hydrogen-bond donors (Lipinski definition) is 1. The van der Waals surface area contributed by atoms with Crippen LogP contribution in [0.15, 0.2) is 48.7 Å². The van der Waals surface area contributed by atoms with Gasteiger partial charge in [-0.1, -0.05) is 23.7 Å². The van der Waals surface area contributed by atoms with Gasteiger partial charge in [0.15, 0.2) is 6.10 Å². The van der Waals surface area contributed by atoms with Crippen molar-refractivity contribution in [2.24, 2.45) is 0 Å². The summed E-state index contributed by atoms with van der Waals surface area (Å²) in [6.07, 6.45) is 0.758. The first-order chi connectivity index (χ1) is 16.6. The number of halogens is 1. The minimum absolute atomic E-state index is 0.259. The fourth-order valence-electron chi connectivity index (χ4n) is 3.95. The average Bonchev–Trinajstić information content (AvgIpc) is 3.20. The molecule has 0 radical (unpaired) electrons. The van der Waals surface area contributed by atoms with E-state index in [9.17, 15) is 4.79 Å². The number of aromatic nitrogens is 2. The zero-order valence-electron chi connectivity index (χ0n) is 20.4. The largest absolute Gasteiger partial charge is 0.464 e. The quantitative estimate of drug-likeness (QED) is 0.282. The molecule has 0 bridgehead atoms. The van der Waals surface area contributed by atoms with E-state index in [0.717, 1.165) is 43.0 Å². The van der Waals surface area contributed by atoms with Gasteiger partial charge in [0.1, 0.15) is 10.8 Å². The third-order valence-corrected chi connectivity index (χ3v) is 6.71. The second-order valence-electron chi connectivity index (χ2n) is 9.19. The number of nitrogens with zero attached hydrogens (tertiary/aromatic N) is 2. The molecule has 4 rings (SSSR count). The molecular weight excluding hydrogens is 482 g/mol. The topological polar surface area (TPSA) is 87.3 Å². The maximum Gasteiger partial charge on any atom is 0.339 e. The molecule has 0 saturated heterocycles. The van der Waals surface area contributed by atoms with E-state index in [4.69, 9.17) is 31.8 Å². The van der Waals surface area contributed by atoms with Crippen LogP contribution >= 0.6 is 22.9 Å². The Bertz CT molecular complexity index is 1380. The Balaban J connectivity index is 2.03. The fraction of sp³-hybridized carbons (Fsp3) is 0.296. The Kier molecular flexibility index (Phi) is 7.12. The van der Waals surface area contributed by atoms with Crippen molar-refractivity contribution in [1.29, 1.82) is 0 Å². The smallest absolute Gasteiger partial charge is 0.339 e. The number of hydrogen-bond acceptors (Lipinski definition) is 7. The second-order valence-corrected chi connectivity index (χ2v) is 10.6. The summed E-state index contributed by atoms with van der Waals surface area (Å²) in [6, 6.07) is 13.2. The molecule has 2 aromatic carbocycles. The van der Waals surface area contributed by atoms with Gasteiger partial charge in [-0.3, -0.25) is 0 Å². The highest BCUT2D eigenvalue weighted by molar-refractivity contribution is 7.22. The van der Waals surface area contributed by atoms with Crippen molar-refractivity contribution >= 4 is 44.9 Å². The minimum atomic E-state index is -0.910. The molecule has 0 aliphatic rings. The van der Waals surface area contributed by atoms with Crippen LogP contribution in [0.5, 0.6) is 0 Å². The number of carbonyl (C=O) groups excluding carboxylic acids is 1. The van der Waals surface area contributed by atoms with E-state index in [2.05, 4.69) is 4.98 Å². The molecular formula is C27H28ClN3O3S. The lowest BCUT2D eigenvalue weighted by atomic mass is 9.91. The van der Waals surface area contributed by atoms with Gasteiger partial charge in [-0.25, -0.2) is 14.8 Å². The molecule has 0 aliphatic heterocycles. The summed E-state index contributed by atoms with van der Waals surface area (Å²) in [5, 5.41) is 1.44. The molecule has 2 N–H and O–H groups in total. The standard InChI is InChI=1S/C27H28ClN3O3S/c1-6-33-26(32)23(34-27(3,4)5)21-15(2)13-19-24(22(21)16-7-9-18(28)10-8-16)35-25(31-19)17-11-12-30-20(29)14-17/h7-14,23H,6H2,1-5H3,(H2,29,30). The van der Waals surface area contributed by atoms with E-state index in [1.807, 2.05) is 64.1 Å². The van der Waals surface area contributed by atoms with Gasteiger partial charge in [0.25, 0.3) is 0 Å². The van der Waals surface area contributed by atoms with Gasteiger partial charge in [0.2, 0.25) is 0 Å². The number of pyridine rings is 1. The van der Waals surface area contributed by atoms with Gasteiger partial charge in [0, 0.05) is 27.9 Å². The van der Waals surface area contributed by atoms with E-state index >= 15 is 0 Å². The number of nitrogen functional groups attached to an aromatic ring is 1. The predicted octanol–water partition coefficient (Wildman–Crippen LogP) is 6.99. The fourth-order valence-corrected chi connectivity index (χ4v) is 5.20. The summed E-state index contributed by atoms with van der Waals surface area (Å²) >= 11 is 7.74. The van der Waals surface area contributed by atoms with Gasteiger partial charge < -0.3 is 15.2 Å². The normalized spacial score (nSPS) is 12.6. The molecule has 0 saturated carbocycles. The maximum absolute atomic E-state index is 13.2. The van der Waals surface area contributed by atoms with Crippen LogP contribution in [-0.4, -0.2) is 28.1 Å². The van der Waals surface area contributed by atoms with Gasteiger partial charge >= 0.3 is 5.97 Å². The van der Waals surface area contributed by atoms with E-state index in [-0.39, 0.29) is 6.61 Å². The first-order valence-electron chi connectivity index (χ1n) is 11.3. The van der Waals surface area contributed by atoms with Crippen molar-refractivity contribution in [1.82, 2.24) is 9.97 Å². The van der Waals surface area contributed by atoms with E-state index in [0.29, 0.717) is 10.8 Å². The number of benzene rings is 2. The van der Waals surface area contributed by atoms with Crippen LogP contribution in [-0.2, 0) is 14.3 Å². The molecule has 0 amide bonds. The lowest BCUT2D eigenvalue weighted by Crippen LogP contribution is -2.29. The number of ether oxygens (including phenoxy) is 2. The first kappa shape index (κ1) is 25.1. The van der Waals surface area contributed by atoms with Crippen molar-refractivity contribution in [3.8, 4) is 21.7 Å². The van der Waals surface area contributed by atoms with E-state index < -0.39 is 17.7 Å². The molecule has 0 spiro atoms. The molecule has 182 valence electrons. The van der Waals surface area contributed by atoms with Crippen molar-refractivity contribution in [2.45, 2.75) is 46.3 Å². The van der Waals surface area contributed by atoms with Crippen molar-refractivity contribution < 1.29 is 14.3 Å². The van der Waals surface area contributed by atoms with Crippen LogP contribution in [0, 0.1) is 6.92 Å². The highest BCUT2D eigenvalue weighted by Gasteiger charge is 2.33. The van der Waals surface area contributed by atoms with Crippen LogP contribution in [0.3, 0.4) is 0 Å². The molecule has 0 fully saturated rings. The summed E-state index contributed by atoms with van der Waals surface area (Å²) < 4.78 is 12.7. The van der Waals surface area contributed by atoms with Crippen molar-refractivity contribution in [3.05, 3.63) is 64.8 Å². The Labute approximate surface area is 214 Å². The highest BCUT2D eigenvalue weighted by atomic mass is 35.5. The number of thiazole rings is 1. The van der Waals surface area contributed by atoms with Gasteiger partial charge in [-0.2, -0.15) is 0 Å². The predicted molar refractivity (Wildman–Crippen MR) is 143 cm³/mol. The summed E-state index contributed by atoms with van der Waals surface area (Å²) in [6.45, 7) is 9.79. The number of carbonyl (C=O) groups is 1. The molecule has 1 atom stereocenters. The Morgan fingerprint density at radius 3 is 2.49 bits per heavy atom. The van der Waals surface area contributed by atoms with Gasteiger partial charge in [-0.15, -0.1) is 11.3 Å². The number of anilines is 1. The Hall–Kier alpha value is -3.00. The van der Waals surface area contributed by atoms with Crippen LogP contribution in [0.25, 0.3) is 31.9 Å². The molecule has 35 heavy (non-hydrogen) atoms. The summed E-state index contributed by atoms with van der Waals surface area (Å²) in [5.41, 5.74) is 10.5. The van der Waals surface area contributed by atoms with Gasteiger partial charge in [0.05, 0.1) is 22.4 Å². The third kappa shape index (κ3) is 5.48. The van der Waals surface area contributed by atoms with Crippen LogP contribution in [0.2, 0.25) is 5.02 Å². The molecule has 0 aliphatic carbocycles. The summed E-state index contributed by atoms with van der Waals surface area (Å²) in [5.74, 6) is 0.00392. The minimum Gasteiger partial charge on any atom is -0.464 e. The van der Waals surface area contributed by atoms with Gasteiger partial charge in [-0.05, 0) is 76.1 Å². The van der Waals surface area contributed by atoms with Crippen LogP contribution in [0.1, 0.15) is 44.9 Å². The summed E-state index contributed by atoms with van der Waals surface area (Å²) in [4.78, 5) is 22.2. The Morgan fingerprint density at radius 1 is 1.14 bits per heavy atom. The molecule has 6 nitrogen and oxygen atoms in total. The Morgan fingerprint density at radius 2 is 1.86 bits per heavy atom. The molecule has 2 heterocycles. The number of rotatable bonds is 6. The summed E-state index contributed by atoms with van der Waals surface area (Å²) in [7, 11) is 0. The highest BCUT2D eigenvalue weighted by Crippen LogP contribution is 2.44. The lowest BCUT2D eigenvalue weighted by molar-refractivity contribution is -0.166. The van der Waals surface area contributed by atoms with E-state index in [1.54, 1.807) is 19.2 Å². The molecule has 8 heteroatoms. The number of esters is 1. The first-order valence-corrected chi connectivity index (χ1v) is 12.5. The zero-order valence-corrected chi connectivity index (χ0v) is 22.0. The number of nitrogens with two attached hydrogens (primary N) is 1. The lowest BCUT2D eigenvalue weighted by Gasteiger charge is -2.29. The van der Waals surface area contributed by atoms with E-state index in [1.165, 1.54) is 11.3 Å². The van der Waals surface area contributed by atoms with Crippen molar-refractivity contribution in [2.75, 3.05) is 12.3 Å². The average molecular weight is 510 g/mol. The molecule has 2 aromatic heterocycles. The monoisotopic (exact) mass is 509 g/mol. The van der Waals surface area contributed by atoms with Crippen LogP contribution < -0.4 is 5.73 Å². The molecule has 1 unspecified atom stereocenters.